The highest BCUT2D eigenvalue weighted by atomic mass is 16.7. The number of hydrogen-bond acceptors (Lipinski definition) is 7. The van der Waals surface area contributed by atoms with Gasteiger partial charge in [0.1, 0.15) is 24.6 Å². The molecule has 7 heteroatoms. The molecular formula is C23H30O7. The molecule has 0 spiro atoms. The van der Waals surface area contributed by atoms with Gasteiger partial charge in [-0.1, -0.05) is 31.1 Å². The molecule has 4 rings (SSSR count). The number of ketones is 1. The second-order valence-electron chi connectivity index (χ2n) is 9.45. The fourth-order valence-corrected chi connectivity index (χ4v) is 6.27. The Morgan fingerprint density at radius 1 is 1.23 bits per heavy atom. The van der Waals surface area contributed by atoms with Gasteiger partial charge in [0.05, 0.1) is 7.11 Å². The molecule has 0 aromatic heterocycles. The molecule has 0 aromatic rings. The summed E-state index contributed by atoms with van der Waals surface area (Å²) >= 11 is 0. The second-order valence-corrected chi connectivity index (χ2v) is 9.45. The van der Waals surface area contributed by atoms with Crippen LogP contribution < -0.4 is 0 Å². The van der Waals surface area contributed by atoms with E-state index in [1.165, 1.54) is 12.7 Å². The average Bonchev–Trinajstić information content (AvgIpc) is 3.03. The number of hydrogen-bond donors (Lipinski definition) is 1. The number of fused-ring (bicyclic) bond motifs is 5. The predicted octanol–water partition coefficient (Wildman–Crippen LogP) is 3.10. The van der Waals surface area contributed by atoms with Crippen LogP contribution in [0, 0.1) is 22.7 Å². The van der Waals surface area contributed by atoms with Crippen molar-refractivity contribution in [3.8, 4) is 0 Å². The minimum absolute atomic E-state index is 0.0559. The van der Waals surface area contributed by atoms with Gasteiger partial charge >= 0.3 is 12.1 Å². The number of carbonyl (C=O) groups is 3. The maximum absolute atomic E-state index is 12.7. The van der Waals surface area contributed by atoms with Gasteiger partial charge in [-0.15, -0.1) is 0 Å². The molecule has 0 saturated heterocycles. The summed E-state index contributed by atoms with van der Waals surface area (Å²) in [7, 11) is 1.29. The van der Waals surface area contributed by atoms with Crippen LogP contribution in [0.5, 0.6) is 0 Å². The lowest BCUT2D eigenvalue weighted by Gasteiger charge is -2.54. The number of carbonyl (C=O) groups excluding carboxylic acids is 3. The van der Waals surface area contributed by atoms with Crippen molar-refractivity contribution in [3.05, 3.63) is 23.3 Å². The quantitative estimate of drug-likeness (QED) is 0.555. The Kier molecular flexibility index (Phi) is 5.29. The van der Waals surface area contributed by atoms with Crippen molar-refractivity contribution < 1.29 is 33.7 Å². The summed E-state index contributed by atoms with van der Waals surface area (Å²) < 4.78 is 15.8. The number of aliphatic hydroxyl groups excluding tert-OH is 1. The maximum Gasteiger partial charge on any atom is 0.508 e. The van der Waals surface area contributed by atoms with Crippen LogP contribution in [0.4, 0.5) is 4.79 Å². The number of methoxy groups -OCH3 is 1. The van der Waals surface area contributed by atoms with Crippen LogP contribution >= 0.6 is 0 Å². The Hall–Kier alpha value is -2.15. The van der Waals surface area contributed by atoms with Crippen LogP contribution in [0.3, 0.4) is 0 Å². The summed E-state index contributed by atoms with van der Waals surface area (Å²) in [6.45, 7) is 3.61. The molecule has 0 heterocycles. The summed E-state index contributed by atoms with van der Waals surface area (Å²) in [6, 6.07) is 0. The Morgan fingerprint density at radius 2 is 2.00 bits per heavy atom. The standard InChI is InChI=1S/C23H30O7/c1-22-8-6-14(29-19(26)12-24)10-13(22)11-17(30-21(27)28-3)20-15-4-5-18(25)23(15,2)9-7-16(20)22/h7,11,14-15,17,20,24H,4-6,8-10,12H2,1-3H3/t14-,15?,17-,20?,22-,23-/m0/s1. The lowest BCUT2D eigenvalue weighted by molar-refractivity contribution is -0.153. The van der Waals surface area contributed by atoms with Crippen LogP contribution in [0.15, 0.2) is 23.3 Å². The SMILES string of the molecule is COC(=O)O[C@H]1C=C2C[C@@H](OC(=O)CO)CC[C@]2(C)C2=CC[C@]3(C)C(=O)CCC3C21. The van der Waals surface area contributed by atoms with Crippen LogP contribution in [-0.4, -0.2) is 48.9 Å². The predicted molar refractivity (Wildman–Crippen MR) is 106 cm³/mol. The molecule has 0 amide bonds. The van der Waals surface area contributed by atoms with Gasteiger partial charge in [-0.2, -0.15) is 0 Å². The van der Waals surface area contributed by atoms with E-state index in [1.54, 1.807) is 0 Å². The van der Waals surface area contributed by atoms with E-state index in [9.17, 15) is 14.4 Å². The van der Waals surface area contributed by atoms with E-state index in [4.69, 9.17) is 19.3 Å². The molecule has 1 N–H and O–H groups in total. The van der Waals surface area contributed by atoms with E-state index in [-0.39, 0.29) is 23.4 Å². The van der Waals surface area contributed by atoms with E-state index in [2.05, 4.69) is 13.0 Å². The van der Waals surface area contributed by atoms with Crippen molar-refractivity contribution in [2.45, 2.75) is 64.6 Å². The number of allylic oxidation sites excluding steroid dienone is 1. The zero-order valence-electron chi connectivity index (χ0n) is 17.8. The molecule has 30 heavy (non-hydrogen) atoms. The molecule has 2 saturated carbocycles. The Bertz CT molecular complexity index is 827. The monoisotopic (exact) mass is 418 g/mol. The van der Waals surface area contributed by atoms with Crippen molar-refractivity contribution in [2.24, 2.45) is 22.7 Å². The van der Waals surface area contributed by atoms with E-state index in [0.717, 1.165) is 18.4 Å². The van der Waals surface area contributed by atoms with Crippen LogP contribution in [-0.2, 0) is 23.8 Å². The van der Waals surface area contributed by atoms with Gasteiger partial charge in [0.2, 0.25) is 0 Å². The molecule has 164 valence electrons. The molecule has 2 unspecified atom stereocenters. The van der Waals surface area contributed by atoms with Crippen LogP contribution in [0.1, 0.15) is 52.4 Å². The minimum Gasteiger partial charge on any atom is -0.460 e. The first kappa shape index (κ1) is 21.1. The number of Topliss-reactive ketones (excluding diaryl/α,β-unsaturated/α-hetero) is 1. The summed E-state index contributed by atoms with van der Waals surface area (Å²) in [6.07, 6.45) is 6.74. The zero-order chi connectivity index (χ0) is 21.7. The molecule has 6 atom stereocenters. The number of aliphatic hydroxyl groups is 1. The maximum atomic E-state index is 12.7. The molecule has 0 bridgehead atoms. The third-order valence-corrected chi connectivity index (χ3v) is 7.98. The van der Waals surface area contributed by atoms with Gasteiger partial charge in [0.25, 0.3) is 0 Å². The van der Waals surface area contributed by atoms with E-state index < -0.39 is 30.3 Å². The van der Waals surface area contributed by atoms with Crippen LogP contribution in [0.2, 0.25) is 0 Å². The third kappa shape index (κ3) is 3.18. The van der Waals surface area contributed by atoms with Gasteiger partial charge in [0.15, 0.2) is 0 Å². The van der Waals surface area contributed by atoms with Crippen molar-refractivity contribution >= 4 is 17.9 Å². The summed E-state index contributed by atoms with van der Waals surface area (Å²) in [4.78, 5) is 36.3. The van der Waals surface area contributed by atoms with Crippen molar-refractivity contribution in [2.75, 3.05) is 13.7 Å². The Balaban J connectivity index is 1.72. The van der Waals surface area contributed by atoms with Crippen molar-refractivity contribution in [1.82, 2.24) is 0 Å². The first-order valence-corrected chi connectivity index (χ1v) is 10.7. The fourth-order valence-electron chi connectivity index (χ4n) is 6.27. The number of rotatable bonds is 3. The molecule has 4 aliphatic carbocycles. The molecule has 0 aromatic carbocycles. The van der Waals surface area contributed by atoms with Gasteiger partial charge in [0, 0.05) is 29.6 Å². The molecule has 7 nitrogen and oxygen atoms in total. The summed E-state index contributed by atoms with van der Waals surface area (Å²) in [5, 5.41) is 9.01. The molecule has 0 aliphatic heterocycles. The first-order valence-electron chi connectivity index (χ1n) is 10.7. The largest absolute Gasteiger partial charge is 0.508 e. The number of ether oxygens (including phenoxy) is 3. The minimum atomic E-state index is -0.740. The van der Waals surface area contributed by atoms with E-state index >= 15 is 0 Å². The lowest BCUT2D eigenvalue weighted by atomic mass is 9.52. The van der Waals surface area contributed by atoms with Crippen LogP contribution in [0.25, 0.3) is 0 Å². The highest BCUT2D eigenvalue weighted by Gasteiger charge is 2.58. The zero-order valence-corrected chi connectivity index (χ0v) is 17.8. The lowest BCUT2D eigenvalue weighted by Crippen LogP contribution is -2.50. The molecule has 2 fully saturated rings. The Morgan fingerprint density at radius 3 is 2.70 bits per heavy atom. The number of esters is 1. The molecule has 0 radical (unpaired) electrons. The fraction of sp³-hybridized carbons (Fsp3) is 0.696. The van der Waals surface area contributed by atoms with Gasteiger partial charge in [-0.25, -0.2) is 9.59 Å². The van der Waals surface area contributed by atoms with Gasteiger partial charge < -0.3 is 19.3 Å². The first-order chi connectivity index (χ1) is 14.2. The summed E-state index contributed by atoms with van der Waals surface area (Å²) in [5.74, 6) is -0.268. The third-order valence-electron chi connectivity index (χ3n) is 7.98. The van der Waals surface area contributed by atoms with E-state index in [0.29, 0.717) is 31.5 Å². The highest BCUT2D eigenvalue weighted by Crippen LogP contribution is 2.62. The normalized spacial score (nSPS) is 39.7. The van der Waals surface area contributed by atoms with Crippen molar-refractivity contribution in [3.63, 3.8) is 0 Å². The van der Waals surface area contributed by atoms with E-state index in [1.807, 2.05) is 13.0 Å². The smallest absolute Gasteiger partial charge is 0.460 e. The average molecular weight is 418 g/mol. The van der Waals surface area contributed by atoms with Gasteiger partial charge in [-0.3, -0.25) is 4.79 Å². The highest BCUT2D eigenvalue weighted by molar-refractivity contribution is 5.87. The van der Waals surface area contributed by atoms with Crippen molar-refractivity contribution in [1.29, 1.82) is 0 Å². The Labute approximate surface area is 176 Å². The van der Waals surface area contributed by atoms with Gasteiger partial charge in [-0.05, 0) is 37.7 Å². The molecular weight excluding hydrogens is 388 g/mol. The summed E-state index contributed by atoms with van der Waals surface area (Å²) in [5.41, 5.74) is 1.68. The second kappa shape index (κ2) is 7.52. The molecule has 4 aliphatic rings. The topological polar surface area (TPSA) is 99.1 Å².